The van der Waals surface area contributed by atoms with Crippen LogP contribution in [0.25, 0.3) is 0 Å². The first kappa shape index (κ1) is 12.4. The van der Waals surface area contributed by atoms with Crippen LogP contribution in [0.2, 0.25) is 0 Å². The van der Waals surface area contributed by atoms with Crippen LogP contribution in [-0.2, 0) is 0 Å². The summed E-state index contributed by atoms with van der Waals surface area (Å²) in [4.78, 5) is 12.8. The maximum atomic E-state index is 12.0. The molecule has 1 aromatic rings. The van der Waals surface area contributed by atoms with E-state index in [4.69, 9.17) is 0 Å². The van der Waals surface area contributed by atoms with Gasteiger partial charge in [-0.15, -0.1) is 11.3 Å². The molecule has 1 heterocycles. The molecule has 3 heteroatoms. The highest BCUT2D eigenvalue weighted by atomic mass is 32.1. The van der Waals surface area contributed by atoms with E-state index >= 15 is 0 Å². The van der Waals surface area contributed by atoms with Crippen LogP contribution in [0.4, 0.5) is 0 Å². The van der Waals surface area contributed by atoms with Crippen molar-refractivity contribution in [1.29, 1.82) is 0 Å². The summed E-state index contributed by atoms with van der Waals surface area (Å²) in [5, 5.41) is 5.03. The van der Waals surface area contributed by atoms with Gasteiger partial charge in [0.15, 0.2) is 0 Å². The SMILES string of the molecule is CC1=CC(NC(=O)c2cccs2)CC(C)(C)C1. The average molecular weight is 249 g/mol. The molecule has 1 aliphatic carbocycles. The Morgan fingerprint density at radius 3 is 2.88 bits per heavy atom. The van der Waals surface area contributed by atoms with Crippen LogP contribution in [0.1, 0.15) is 43.3 Å². The van der Waals surface area contributed by atoms with E-state index in [1.165, 1.54) is 16.9 Å². The molecule has 92 valence electrons. The molecule has 1 aliphatic rings. The maximum Gasteiger partial charge on any atom is 0.261 e. The highest BCUT2D eigenvalue weighted by Gasteiger charge is 2.28. The lowest BCUT2D eigenvalue weighted by molar-refractivity contribution is 0.0937. The zero-order chi connectivity index (χ0) is 12.5. The van der Waals surface area contributed by atoms with Gasteiger partial charge >= 0.3 is 0 Å². The molecule has 1 aromatic heterocycles. The van der Waals surface area contributed by atoms with Gasteiger partial charge in [0.25, 0.3) is 5.91 Å². The van der Waals surface area contributed by atoms with Crippen molar-refractivity contribution in [2.24, 2.45) is 5.41 Å². The van der Waals surface area contributed by atoms with Crippen LogP contribution in [0, 0.1) is 5.41 Å². The number of amides is 1. The average Bonchev–Trinajstić information content (AvgIpc) is 2.65. The third-order valence-corrected chi connectivity index (χ3v) is 3.95. The molecule has 1 atom stereocenters. The molecule has 0 bridgehead atoms. The molecule has 0 spiro atoms. The summed E-state index contributed by atoms with van der Waals surface area (Å²) in [6.45, 7) is 6.66. The van der Waals surface area contributed by atoms with E-state index in [9.17, 15) is 4.79 Å². The van der Waals surface area contributed by atoms with Gasteiger partial charge in [-0.3, -0.25) is 4.79 Å². The lowest BCUT2D eigenvalue weighted by Gasteiger charge is -2.34. The third-order valence-electron chi connectivity index (χ3n) is 3.08. The highest BCUT2D eigenvalue weighted by Crippen LogP contribution is 2.35. The summed E-state index contributed by atoms with van der Waals surface area (Å²) in [5.74, 6) is 0.0479. The van der Waals surface area contributed by atoms with Crippen LogP contribution in [0.5, 0.6) is 0 Å². The molecule has 1 unspecified atom stereocenters. The largest absolute Gasteiger partial charge is 0.345 e. The zero-order valence-electron chi connectivity index (χ0n) is 10.6. The quantitative estimate of drug-likeness (QED) is 0.797. The van der Waals surface area contributed by atoms with Gasteiger partial charge in [-0.25, -0.2) is 0 Å². The molecule has 0 saturated carbocycles. The van der Waals surface area contributed by atoms with Crippen molar-refractivity contribution < 1.29 is 4.79 Å². The van der Waals surface area contributed by atoms with Crippen LogP contribution in [-0.4, -0.2) is 11.9 Å². The third kappa shape index (κ3) is 3.19. The van der Waals surface area contributed by atoms with Gasteiger partial charge in [0, 0.05) is 6.04 Å². The second-order valence-corrected chi connectivity index (χ2v) is 6.56. The van der Waals surface area contributed by atoms with Gasteiger partial charge in [-0.05, 0) is 36.6 Å². The Kier molecular flexibility index (Phi) is 3.38. The Labute approximate surface area is 107 Å². The summed E-state index contributed by atoms with van der Waals surface area (Å²) in [6, 6.07) is 3.95. The van der Waals surface area contributed by atoms with Crippen LogP contribution in [0.3, 0.4) is 0 Å². The smallest absolute Gasteiger partial charge is 0.261 e. The summed E-state index contributed by atoms with van der Waals surface area (Å²) in [7, 11) is 0. The number of nitrogens with one attached hydrogen (secondary N) is 1. The van der Waals surface area contributed by atoms with Gasteiger partial charge in [0.2, 0.25) is 0 Å². The molecule has 2 nitrogen and oxygen atoms in total. The Bertz CT molecular complexity index is 431. The normalized spacial score (nSPS) is 23.0. The van der Waals surface area contributed by atoms with Crippen LogP contribution < -0.4 is 5.32 Å². The van der Waals surface area contributed by atoms with Gasteiger partial charge in [-0.1, -0.05) is 31.6 Å². The predicted octanol–water partition coefficient (Wildman–Crippen LogP) is 3.61. The Hall–Kier alpha value is -1.09. The number of allylic oxidation sites excluding steroid dienone is 1. The van der Waals surface area contributed by atoms with E-state index < -0.39 is 0 Å². The van der Waals surface area contributed by atoms with E-state index in [-0.39, 0.29) is 17.4 Å². The summed E-state index contributed by atoms with van der Waals surface area (Å²) >= 11 is 1.49. The van der Waals surface area contributed by atoms with E-state index in [2.05, 4.69) is 32.2 Å². The lowest BCUT2D eigenvalue weighted by atomic mass is 9.76. The first-order chi connectivity index (χ1) is 7.96. The first-order valence-electron chi connectivity index (χ1n) is 5.98. The molecule has 0 radical (unpaired) electrons. The molecule has 0 saturated heterocycles. The van der Waals surface area contributed by atoms with E-state index in [1.807, 2.05) is 17.5 Å². The Morgan fingerprint density at radius 1 is 1.53 bits per heavy atom. The fourth-order valence-corrected chi connectivity index (χ4v) is 3.25. The number of thiophene rings is 1. The standard InChI is InChI=1S/C14H19NOS/c1-10-7-11(9-14(2,3)8-10)15-13(16)12-5-4-6-17-12/h4-7,11H,8-9H2,1-3H3,(H,15,16). The lowest BCUT2D eigenvalue weighted by Crippen LogP contribution is -2.38. The molecule has 1 N–H and O–H groups in total. The minimum absolute atomic E-state index is 0.0479. The van der Waals surface area contributed by atoms with Crippen molar-refractivity contribution in [3.63, 3.8) is 0 Å². The minimum atomic E-state index is 0.0479. The number of carbonyl (C=O) groups is 1. The zero-order valence-corrected chi connectivity index (χ0v) is 11.4. The number of hydrogen-bond acceptors (Lipinski definition) is 2. The second-order valence-electron chi connectivity index (χ2n) is 5.62. The van der Waals surface area contributed by atoms with E-state index in [1.54, 1.807) is 0 Å². The van der Waals surface area contributed by atoms with Crippen molar-refractivity contribution in [2.45, 2.75) is 39.7 Å². The van der Waals surface area contributed by atoms with E-state index in [0.717, 1.165) is 17.7 Å². The Morgan fingerprint density at radius 2 is 2.29 bits per heavy atom. The highest BCUT2D eigenvalue weighted by molar-refractivity contribution is 7.12. The van der Waals surface area contributed by atoms with Crippen LogP contribution in [0.15, 0.2) is 29.2 Å². The summed E-state index contributed by atoms with van der Waals surface area (Å²) in [5.41, 5.74) is 1.66. The van der Waals surface area contributed by atoms with Crippen molar-refractivity contribution in [3.8, 4) is 0 Å². The number of carbonyl (C=O) groups excluding carboxylic acids is 1. The molecule has 17 heavy (non-hydrogen) atoms. The molecular formula is C14H19NOS. The van der Waals surface area contributed by atoms with Crippen molar-refractivity contribution >= 4 is 17.2 Å². The molecule has 0 aromatic carbocycles. The second kappa shape index (κ2) is 4.65. The minimum Gasteiger partial charge on any atom is -0.345 e. The van der Waals surface area contributed by atoms with Crippen molar-refractivity contribution in [3.05, 3.63) is 34.0 Å². The maximum absolute atomic E-state index is 12.0. The molecule has 2 rings (SSSR count). The number of rotatable bonds is 2. The topological polar surface area (TPSA) is 29.1 Å². The summed E-state index contributed by atoms with van der Waals surface area (Å²) < 4.78 is 0. The fourth-order valence-electron chi connectivity index (χ4n) is 2.62. The number of hydrogen-bond donors (Lipinski definition) is 1. The van der Waals surface area contributed by atoms with Gasteiger partial charge < -0.3 is 5.32 Å². The Balaban J connectivity index is 2.04. The monoisotopic (exact) mass is 249 g/mol. The van der Waals surface area contributed by atoms with Gasteiger partial charge in [0.1, 0.15) is 0 Å². The van der Waals surface area contributed by atoms with E-state index in [0.29, 0.717) is 0 Å². The summed E-state index contributed by atoms with van der Waals surface area (Å²) in [6.07, 6.45) is 4.33. The van der Waals surface area contributed by atoms with Gasteiger partial charge in [-0.2, -0.15) is 0 Å². The fraction of sp³-hybridized carbons (Fsp3) is 0.500. The molecule has 0 fully saturated rings. The van der Waals surface area contributed by atoms with Crippen molar-refractivity contribution in [2.75, 3.05) is 0 Å². The van der Waals surface area contributed by atoms with Crippen LogP contribution >= 0.6 is 11.3 Å². The molecular weight excluding hydrogens is 230 g/mol. The van der Waals surface area contributed by atoms with Gasteiger partial charge in [0.05, 0.1) is 4.88 Å². The molecule has 0 aliphatic heterocycles. The first-order valence-corrected chi connectivity index (χ1v) is 6.86. The predicted molar refractivity (Wildman–Crippen MR) is 72.3 cm³/mol. The van der Waals surface area contributed by atoms with Crippen molar-refractivity contribution in [1.82, 2.24) is 5.32 Å². The molecule has 1 amide bonds.